The zero-order valence-corrected chi connectivity index (χ0v) is 14.0. The van der Waals surface area contributed by atoms with Gasteiger partial charge in [-0.05, 0) is 58.8 Å². The van der Waals surface area contributed by atoms with Crippen molar-refractivity contribution in [2.75, 3.05) is 13.2 Å². The first-order valence-electron chi connectivity index (χ1n) is 6.99. The molecule has 0 bridgehead atoms. The Labute approximate surface area is 132 Å². The standard InChI is InChI=1S/C14H19BrFNO3S/c15-13-7-12(16)5-6-14(13)21(19,20)17-8-10-3-1-2-4-11(10)9-18/h5-7,10-11,17-18H,1-4,8-9H2. The van der Waals surface area contributed by atoms with Crippen LogP contribution in [0, 0.1) is 17.7 Å². The predicted molar refractivity (Wildman–Crippen MR) is 81.8 cm³/mol. The van der Waals surface area contributed by atoms with Crippen LogP contribution in [-0.4, -0.2) is 26.7 Å². The normalized spacial score (nSPS) is 23.2. The third kappa shape index (κ3) is 4.25. The Bertz CT molecular complexity index is 594. The molecular weight excluding hydrogens is 361 g/mol. The minimum absolute atomic E-state index is 0.0280. The lowest BCUT2D eigenvalue weighted by atomic mass is 9.80. The number of hydrogen-bond acceptors (Lipinski definition) is 3. The van der Waals surface area contributed by atoms with E-state index in [1.165, 1.54) is 6.07 Å². The largest absolute Gasteiger partial charge is 0.396 e. The molecule has 2 atom stereocenters. The predicted octanol–water partition coefficient (Wildman–Crippen LogP) is 2.67. The van der Waals surface area contributed by atoms with Gasteiger partial charge in [-0.2, -0.15) is 0 Å². The highest BCUT2D eigenvalue weighted by Gasteiger charge is 2.26. The summed E-state index contributed by atoms with van der Waals surface area (Å²) < 4.78 is 40.4. The second-order valence-corrected chi connectivity index (χ2v) is 8.00. The molecule has 1 aromatic rings. The first-order valence-corrected chi connectivity index (χ1v) is 9.27. The number of nitrogens with one attached hydrogen (secondary N) is 1. The van der Waals surface area contributed by atoms with Crippen LogP contribution in [0.1, 0.15) is 25.7 Å². The van der Waals surface area contributed by atoms with E-state index >= 15 is 0 Å². The molecule has 4 nitrogen and oxygen atoms in total. The summed E-state index contributed by atoms with van der Waals surface area (Å²) in [5, 5.41) is 9.36. The number of sulfonamides is 1. The van der Waals surface area contributed by atoms with Crippen molar-refractivity contribution in [1.29, 1.82) is 0 Å². The number of halogens is 2. The van der Waals surface area contributed by atoms with Gasteiger partial charge in [-0.3, -0.25) is 0 Å². The molecule has 0 radical (unpaired) electrons. The third-order valence-electron chi connectivity index (χ3n) is 4.02. The second kappa shape index (κ2) is 7.17. The molecule has 1 aliphatic rings. The van der Waals surface area contributed by atoms with Crippen LogP contribution in [-0.2, 0) is 10.0 Å². The molecule has 2 unspecified atom stereocenters. The van der Waals surface area contributed by atoms with Gasteiger partial charge in [0.15, 0.2) is 0 Å². The van der Waals surface area contributed by atoms with Crippen molar-refractivity contribution in [2.24, 2.45) is 11.8 Å². The summed E-state index contributed by atoms with van der Waals surface area (Å²) in [4.78, 5) is 0.0280. The number of rotatable bonds is 5. The Morgan fingerprint density at radius 2 is 1.95 bits per heavy atom. The van der Waals surface area contributed by atoms with E-state index in [0.717, 1.165) is 37.8 Å². The van der Waals surface area contributed by atoms with Crippen molar-refractivity contribution in [1.82, 2.24) is 4.72 Å². The van der Waals surface area contributed by atoms with E-state index in [9.17, 15) is 17.9 Å². The molecule has 0 spiro atoms. The molecular formula is C14H19BrFNO3S. The fraction of sp³-hybridized carbons (Fsp3) is 0.571. The van der Waals surface area contributed by atoms with E-state index in [0.29, 0.717) is 6.54 Å². The number of benzene rings is 1. The van der Waals surface area contributed by atoms with Crippen molar-refractivity contribution in [3.8, 4) is 0 Å². The van der Waals surface area contributed by atoms with Gasteiger partial charge >= 0.3 is 0 Å². The summed E-state index contributed by atoms with van der Waals surface area (Å²) in [5.41, 5.74) is 0. The van der Waals surface area contributed by atoms with Crippen LogP contribution in [0.3, 0.4) is 0 Å². The maximum Gasteiger partial charge on any atom is 0.241 e. The summed E-state index contributed by atoms with van der Waals surface area (Å²) in [7, 11) is -3.68. The molecule has 2 rings (SSSR count). The van der Waals surface area contributed by atoms with Crippen LogP contribution >= 0.6 is 15.9 Å². The lowest BCUT2D eigenvalue weighted by Crippen LogP contribution is -2.35. The van der Waals surface area contributed by atoms with Gasteiger partial charge in [-0.25, -0.2) is 17.5 Å². The average molecular weight is 380 g/mol. The van der Waals surface area contributed by atoms with Crippen LogP contribution in [0.25, 0.3) is 0 Å². The smallest absolute Gasteiger partial charge is 0.241 e. The minimum Gasteiger partial charge on any atom is -0.396 e. The maximum atomic E-state index is 13.0. The van der Waals surface area contributed by atoms with Crippen molar-refractivity contribution < 1.29 is 17.9 Å². The van der Waals surface area contributed by atoms with Crippen LogP contribution in [0.2, 0.25) is 0 Å². The average Bonchev–Trinajstić information content (AvgIpc) is 2.45. The topological polar surface area (TPSA) is 66.4 Å². The van der Waals surface area contributed by atoms with Gasteiger partial charge in [-0.15, -0.1) is 0 Å². The van der Waals surface area contributed by atoms with E-state index in [-0.39, 0.29) is 27.8 Å². The minimum atomic E-state index is -3.68. The van der Waals surface area contributed by atoms with Gasteiger partial charge in [0.2, 0.25) is 10.0 Å². The molecule has 0 heterocycles. The molecule has 118 valence electrons. The Hall–Kier alpha value is -0.500. The molecule has 1 fully saturated rings. The van der Waals surface area contributed by atoms with Crippen molar-refractivity contribution in [3.05, 3.63) is 28.5 Å². The van der Waals surface area contributed by atoms with Gasteiger partial charge in [0.1, 0.15) is 5.82 Å². The SMILES string of the molecule is O=S(=O)(NCC1CCCCC1CO)c1ccc(F)cc1Br. The molecule has 0 saturated heterocycles. The van der Waals surface area contributed by atoms with Gasteiger partial charge < -0.3 is 5.11 Å². The molecule has 1 aliphatic carbocycles. The lowest BCUT2D eigenvalue weighted by Gasteiger charge is -2.30. The quantitative estimate of drug-likeness (QED) is 0.826. The monoisotopic (exact) mass is 379 g/mol. The molecule has 1 aromatic carbocycles. The Kier molecular flexibility index (Phi) is 5.76. The Morgan fingerprint density at radius 1 is 1.29 bits per heavy atom. The number of aliphatic hydroxyl groups is 1. The summed E-state index contributed by atoms with van der Waals surface area (Å²) in [5.74, 6) is -0.190. The van der Waals surface area contributed by atoms with Gasteiger partial charge in [0, 0.05) is 17.6 Å². The fourth-order valence-corrected chi connectivity index (χ4v) is 4.92. The Morgan fingerprint density at radius 3 is 2.57 bits per heavy atom. The highest BCUT2D eigenvalue weighted by Crippen LogP contribution is 2.30. The van der Waals surface area contributed by atoms with Gasteiger partial charge in [0.05, 0.1) is 4.90 Å². The molecule has 21 heavy (non-hydrogen) atoms. The van der Waals surface area contributed by atoms with Crippen molar-refractivity contribution in [3.63, 3.8) is 0 Å². The molecule has 1 saturated carbocycles. The van der Waals surface area contributed by atoms with Crippen LogP contribution in [0.5, 0.6) is 0 Å². The highest BCUT2D eigenvalue weighted by atomic mass is 79.9. The van der Waals surface area contributed by atoms with Gasteiger partial charge in [0.25, 0.3) is 0 Å². The van der Waals surface area contributed by atoms with E-state index in [1.807, 2.05) is 0 Å². The zero-order chi connectivity index (χ0) is 15.5. The Balaban J connectivity index is 2.07. The van der Waals surface area contributed by atoms with Crippen molar-refractivity contribution >= 4 is 26.0 Å². The third-order valence-corrected chi connectivity index (χ3v) is 6.42. The van der Waals surface area contributed by atoms with Crippen LogP contribution in [0.15, 0.2) is 27.6 Å². The first-order chi connectivity index (χ1) is 9.94. The van der Waals surface area contributed by atoms with Crippen molar-refractivity contribution in [2.45, 2.75) is 30.6 Å². The summed E-state index contributed by atoms with van der Waals surface area (Å²) in [6, 6.07) is 3.49. The number of hydrogen-bond donors (Lipinski definition) is 2. The maximum absolute atomic E-state index is 13.0. The van der Waals surface area contributed by atoms with E-state index in [1.54, 1.807) is 0 Å². The molecule has 0 aromatic heterocycles. The van der Waals surface area contributed by atoms with Crippen LogP contribution in [0.4, 0.5) is 4.39 Å². The molecule has 2 N–H and O–H groups in total. The molecule has 0 aliphatic heterocycles. The molecule has 7 heteroatoms. The summed E-state index contributed by atoms with van der Waals surface area (Å²) in [6.07, 6.45) is 3.99. The first kappa shape index (κ1) is 16.9. The highest BCUT2D eigenvalue weighted by molar-refractivity contribution is 9.10. The summed E-state index contributed by atoms with van der Waals surface area (Å²) in [6.45, 7) is 0.393. The lowest BCUT2D eigenvalue weighted by molar-refractivity contribution is 0.136. The second-order valence-electron chi connectivity index (χ2n) is 5.41. The zero-order valence-electron chi connectivity index (χ0n) is 11.6. The van der Waals surface area contributed by atoms with E-state index in [4.69, 9.17) is 0 Å². The van der Waals surface area contributed by atoms with Crippen LogP contribution < -0.4 is 4.72 Å². The van der Waals surface area contributed by atoms with E-state index in [2.05, 4.69) is 20.7 Å². The fourth-order valence-electron chi connectivity index (χ4n) is 2.78. The van der Waals surface area contributed by atoms with E-state index < -0.39 is 15.8 Å². The molecule has 0 amide bonds. The number of aliphatic hydroxyl groups excluding tert-OH is 1. The van der Waals surface area contributed by atoms with Gasteiger partial charge in [-0.1, -0.05) is 12.8 Å². The summed E-state index contributed by atoms with van der Waals surface area (Å²) >= 11 is 3.08.